The van der Waals surface area contributed by atoms with Gasteiger partial charge in [-0.25, -0.2) is 4.98 Å². The third-order valence-electron chi connectivity index (χ3n) is 2.35. The second kappa shape index (κ2) is 6.00. The van der Waals surface area contributed by atoms with Crippen LogP contribution in [0.2, 0.25) is 0 Å². The highest BCUT2D eigenvalue weighted by Crippen LogP contribution is 2.09. The van der Waals surface area contributed by atoms with Gasteiger partial charge >= 0.3 is 0 Å². The molecule has 2 aromatic rings. The van der Waals surface area contributed by atoms with Gasteiger partial charge < -0.3 is 14.4 Å². The van der Waals surface area contributed by atoms with Crippen LogP contribution in [0.3, 0.4) is 0 Å². The molecule has 2 heterocycles. The number of pyridine rings is 1. The molecule has 0 unspecified atom stereocenters. The van der Waals surface area contributed by atoms with Crippen molar-refractivity contribution in [2.75, 3.05) is 6.61 Å². The summed E-state index contributed by atoms with van der Waals surface area (Å²) in [5.74, 6) is 0.729. The molecule has 0 saturated heterocycles. The van der Waals surface area contributed by atoms with E-state index in [4.69, 9.17) is 9.84 Å². The standard InChI is InChI=1S/C12H15N3O2/c16-9-11-2-3-12(8-14-11)17-7-1-5-15-6-4-13-10-15/h2-4,6,8,10,16H,1,5,7,9H2. The lowest BCUT2D eigenvalue weighted by molar-refractivity contribution is 0.275. The Balaban J connectivity index is 1.70. The molecule has 0 aliphatic rings. The Morgan fingerprint density at radius 3 is 2.94 bits per heavy atom. The van der Waals surface area contributed by atoms with Gasteiger partial charge in [-0.2, -0.15) is 0 Å². The molecule has 0 fully saturated rings. The van der Waals surface area contributed by atoms with Gasteiger partial charge in [0, 0.05) is 18.9 Å². The van der Waals surface area contributed by atoms with E-state index >= 15 is 0 Å². The maximum absolute atomic E-state index is 8.84. The maximum atomic E-state index is 8.84. The summed E-state index contributed by atoms with van der Waals surface area (Å²) in [6.45, 7) is 1.49. The number of imidazole rings is 1. The first-order valence-electron chi connectivity index (χ1n) is 5.53. The van der Waals surface area contributed by atoms with E-state index in [-0.39, 0.29) is 6.61 Å². The van der Waals surface area contributed by atoms with E-state index < -0.39 is 0 Å². The van der Waals surface area contributed by atoms with Gasteiger partial charge in [-0.15, -0.1) is 0 Å². The maximum Gasteiger partial charge on any atom is 0.137 e. The molecule has 0 amide bonds. The van der Waals surface area contributed by atoms with Gasteiger partial charge in [0.1, 0.15) is 5.75 Å². The molecular formula is C12H15N3O2. The summed E-state index contributed by atoms with van der Waals surface area (Å²) in [5.41, 5.74) is 0.649. The molecule has 0 aliphatic heterocycles. The molecule has 90 valence electrons. The predicted octanol–water partition coefficient (Wildman–Crippen LogP) is 1.24. The average molecular weight is 233 g/mol. The topological polar surface area (TPSA) is 60.2 Å². The van der Waals surface area contributed by atoms with E-state index in [1.807, 2.05) is 16.8 Å². The van der Waals surface area contributed by atoms with Crippen molar-refractivity contribution >= 4 is 0 Å². The molecule has 0 saturated carbocycles. The lowest BCUT2D eigenvalue weighted by Gasteiger charge is -2.06. The van der Waals surface area contributed by atoms with Gasteiger partial charge in [-0.05, 0) is 18.6 Å². The van der Waals surface area contributed by atoms with E-state index in [2.05, 4.69) is 9.97 Å². The zero-order valence-electron chi connectivity index (χ0n) is 9.49. The molecule has 17 heavy (non-hydrogen) atoms. The summed E-state index contributed by atoms with van der Waals surface area (Å²) in [5, 5.41) is 8.84. The molecule has 5 nitrogen and oxygen atoms in total. The quantitative estimate of drug-likeness (QED) is 0.762. The van der Waals surface area contributed by atoms with E-state index in [1.54, 1.807) is 24.8 Å². The fraction of sp³-hybridized carbons (Fsp3) is 0.333. The van der Waals surface area contributed by atoms with Gasteiger partial charge in [0.2, 0.25) is 0 Å². The number of aliphatic hydroxyl groups is 1. The molecule has 0 aliphatic carbocycles. The van der Waals surface area contributed by atoms with Crippen LogP contribution in [0.5, 0.6) is 5.75 Å². The Morgan fingerprint density at radius 2 is 2.29 bits per heavy atom. The minimum atomic E-state index is -0.0408. The number of ether oxygens (including phenoxy) is 1. The van der Waals surface area contributed by atoms with Crippen LogP contribution in [0, 0.1) is 0 Å². The number of aromatic nitrogens is 3. The number of rotatable bonds is 6. The summed E-state index contributed by atoms with van der Waals surface area (Å²) in [7, 11) is 0. The second-order valence-electron chi connectivity index (χ2n) is 3.65. The van der Waals surface area contributed by atoms with Crippen LogP contribution < -0.4 is 4.74 Å². The highest BCUT2D eigenvalue weighted by molar-refractivity contribution is 5.19. The SMILES string of the molecule is OCc1ccc(OCCCn2ccnc2)cn1. The Kier molecular flexibility index (Phi) is 4.10. The molecule has 0 radical (unpaired) electrons. The highest BCUT2D eigenvalue weighted by Gasteiger charge is 1.96. The van der Waals surface area contributed by atoms with E-state index in [9.17, 15) is 0 Å². The van der Waals surface area contributed by atoms with Crippen molar-refractivity contribution in [3.63, 3.8) is 0 Å². The Hall–Kier alpha value is -1.88. The van der Waals surface area contributed by atoms with Crippen LogP contribution in [0.4, 0.5) is 0 Å². The summed E-state index contributed by atoms with van der Waals surface area (Å²) >= 11 is 0. The van der Waals surface area contributed by atoms with E-state index in [0.29, 0.717) is 12.3 Å². The zero-order chi connectivity index (χ0) is 11.9. The van der Waals surface area contributed by atoms with Gasteiger partial charge in [0.15, 0.2) is 0 Å². The van der Waals surface area contributed by atoms with Crippen molar-refractivity contribution in [2.45, 2.75) is 19.6 Å². The van der Waals surface area contributed by atoms with Gasteiger partial charge in [0.25, 0.3) is 0 Å². The van der Waals surface area contributed by atoms with Crippen LogP contribution in [0.25, 0.3) is 0 Å². The van der Waals surface area contributed by atoms with Crippen LogP contribution in [-0.2, 0) is 13.2 Å². The van der Waals surface area contributed by atoms with Crippen molar-refractivity contribution in [3.8, 4) is 5.75 Å². The number of hydrogen-bond acceptors (Lipinski definition) is 4. The van der Waals surface area contributed by atoms with Crippen molar-refractivity contribution < 1.29 is 9.84 Å². The smallest absolute Gasteiger partial charge is 0.137 e. The summed E-state index contributed by atoms with van der Waals surface area (Å²) in [4.78, 5) is 8.00. The number of hydrogen-bond donors (Lipinski definition) is 1. The molecule has 5 heteroatoms. The Morgan fingerprint density at radius 1 is 1.35 bits per heavy atom. The van der Waals surface area contributed by atoms with Crippen molar-refractivity contribution in [1.29, 1.82) is 0 Å². The van der Waals surface area contributed by atoms with Crippen LogP contribution in [0.1, 0.15) is 12.1 Å². The summed E-state index contributed by atoms with van der Waals surface area (Å²) in [6.07, 6.45) is 8.02. The van der Waals surface area contributed by atoms with E-state index in [0.717, 1.165) is 18.7 Å². The molecule has 0 bridgehead atoms. The number of aryl methyl sites for hydroxylation is 1. The zero-order valence-corrected chi connectivity index (χ0v) is 9.49. The lowest BCUT2D eigenvalue weighted by atomic mass is 10.3. The largest absolute Gasteiger partial charge is 0.492 e. The first-order valence-corrected chi connectivity index (χ1v) is 5.53. The average Bonchev–Trinajstić information content (AvgIpc) is 2.88. The minimum Gasteiger partial charge on any atom is -0.492 e. The fourth-order valence-electron chi connectivity index (χ4n) is 1.45. The van der Waals surface area contributed by atoms with Gasteiger partial charge in [-0.3, -0.25) is 4.98 Å². The monoisotopic (exact) mass is 233 g/mol. The lowest BCUT2D eigenvalue weighted by Crippen LogP contribution is -2.03. The van der Waals surface area contributed by atoms with Gasteiger partial charge in [0.05, 0.1) is 31.4 Å². The number of aliphatic hydroxyl groups excluding tert-OH is 1. The number of nitrogens with zero attached hydrogens (tertiary/aromatic N) is 3. The molecule has 2 rings (SSSR count). The Bertz CT molecular complexity index is 426. The third kappa shape index (κ3) is 3.57. The fourth-order valence-corrected chi connectivity index (χ4v) is 1.45. The molecule has 0 aromatic carbocycles. The first kappa shape index (κ1) is 11.6. The van der Waals surface area contributed by atoms with Crippen LogP contribution in [-0.4, -0.2) is 26.2 Å². The van der Waals surface area contributed by atoms with E-state index in [1.165, 1.54) is 0 Å². The molecule has 2 aromatic heterocycles. The summed E-state index contributed by atoms with van der Waals surface area (Å²) in [6, 6.07) is 3.57. The van der Waals surface area contributed by atoms with Crippen molar-refractivity contribution in [2.24, 2.45) is 0 Å². The first-order chi connectivity index (χ1) is 8.38. The second-order valence-corrected chi connectivity index (χ2v) is 3.65. The molecule has 0 atom stereocenters. The molecule has 0 spiro atoms. The normalized spacial score (nSPS) is 10.4. The molecule has 1 N–H and O–H groups in total. The Labute approximate surface area is 99.7 Å². The van der Waals surface area contributed by atoms with Crippen molar-refractivity contribution in [3.05, 3.63) is 42.7 Å². The minimum absolute atomic E-state index is 0.0408. The third-order valence-corrected chi connectivity index (χ3v) is 2.35. The summed E-state index contributed by atoms with van der Waals surface area (Å²) < 4.78 is 7.54. The van der Waals surface area contributed by atoms with Crippen LogP contribution >= 0.6 is 0 Å². The molecular weight excluding hydrogens is 218 g/mol. The van der Waals surface area contributed by atoms with Crippen LogP contribution in [0.15, 0.2) is 37.1 Å². The van der Waals surface area contributed by atoms with Crippen molar-refractivity contribution in [1.82, 2.24) is 14.5 Å². The van der Waals surface area contributed by atoms with Gasteiger partial charge in [-0.1, -0.05) is 0 Å². The highest BCUT2D eigenvalue weighted by atomic mass is 16.5. The predicted molar refractivity (Wildman–Crippen MR) is 62.5 cm³/mol.